The second-order valence-electron chi connectivity index (χ2n) is 4.80. The van der Waals surface area contributed by atoms with Crippen LogP contribution in [-0.2, 0) is 29.2 Å². The SMILES string of the molecule is COC(=O)[C@@H]1NC(=O)[C@@H]1NC(=O)C(c1ccccc1)S(=O)(=O)O.[NaH]. The number of esters is 1. The van der Waals surface area contributed by atoms with E-state index in [0.717, 1.165) is 7.11 Å². The zero-order valence-corrected chi connectivity index (χ0v) is 12.7. The molecule has 0 spiro atoms. The van der Waals surface area contributed by atoms with E-state index < -0.39 is 45.2 Å². The Balaban J connectivity index is 0.00000288. The first-order valence-corrected chi connectivity index (χ1v) is 7.96. The molecule has 1 aliphatic heterocycles. The molecule has 0 saturated carbocycles. The predicted molar refractivity (Wildman–Crippen MR) is 83.8 cm³/mol. The molecule has 1 aliphatic rings. The molecule has 3 atom stereocenters. The Morgan fingerprint density at radius 2 is 1.88 bits per heavy atom. The second-order valence-corrected chi connectivity index (χ2v) is 6.30. The average molecular weight is 366 g/mol. The number of hydrogen-bond acceptors (Lipinski definition) is 6. The number of methoxy groups -OCH3 is 1. The molecule has 126 valence electrons. The third-order valence-electron chi connectivity index (χ3n) is 3.30. The van der Waals surface area contributed by atoms with Gasteiger partial charge in [0.15, 0.2) is 11.3 Å². The molecule has 1 fully saturated rings. The van der Waals surface area contributed by atoms with Crippen molar-refractivity contribution in [3.63, 3.8) is 0 Å². The fourth-order valence-electron chi connectivity index (χ4n) is 2.17. The van der Waals surface area contributed by atoms with E-state index in [1.807, 2.05) is 0 Å². The van der Waals surface area contributed by atoms with Gasteiger partial charge >= 0.3 is 35.5 Å². The number of ether oxygens (including phenoxy) is 1. The number of carbonyl (C=O) groups excluding carboxylic acids is 3. The van der Waals surface area contributed by atoms with Crippen LogP contribution < -0.4 is 10.6 Å². The van der Waals surface area contributed by atoms with Crippen LogP contribution >= 0.6 is 0 Å². The first-order chi connectivity index (χ1) is 10.8. The number of nitrogens with one attached hydrogen (secondary N) is 2. The van der Waals surface area contributed by atoms with E-state index in [9.17, 15) is 27.4 Å². The Kier molecular flexibility index (Phi) is 6.93. The average Bonchev–Trinajstić information content (AvgIpc) is 2.49. The summed E-state index contributed by atoms with van der Waals surface area (Å²) in [7, 11) is -3.66. The summed E-state index contributed by atoms with van der Waals surface area (Å²) < 4.78 is 36.8. The molecule has 1 aromatic carbocycles. The summed E-state index contributed by atoms with van der Waals surface area (Å²) in [6.07, 6.45) is 0. The molecular formula is C13H15N2NaO7S. The van der Waals surface area contributed by atoms with E-state index in [0.29, 0.717) is 0 Å². The summed E-state index contributed by atoms with van der Waals surface area (Å²) in [5.41, 5.74) is 0.0295. The fraction of sp³-hybridized carbons (Fsp3) is 0.308. The number of amides is 2. The van der Waals surface area contributed by atoms with Crippen molar-refractivity contribution >= 4 is 57.5 Å². The Bertz CT molecular complexity index is 738. The van der Waals surface area contributed by atoms with Gasteiger partial charge in [0.25, 0.3) is 10.1 Å². The predicted octanol–water partition coefficient (Wildman–Crippen LogP) is -1.88. The fourth-order valence-corrected chi connectivity index (χ4v) is 3.01. The maximum atomic E-state index is 12.2. The molecule has 0 bridgehead atoms. The molecular weight excluding hydrogens is 351 g/mol. The molecule has 9 nitrogen and oxygen atoms in total. The number of hydrogen-bond donors (Lipinski definition) is 3. The van der Waals surface area contributed by atoms with Crippen molar-refractivity contribution in [1.29, 1.82) is 0 Å². The summed E-state index contributed by atoms with van der Waals surface area (Å²) in [6.45, 7) is 0. The molecule has 1 heterocycles. The summed E-state index contributed by atoms with van der Waals surface area (Å²) in [5, 5.41) is 2.46. The van der Waals surface area contributed by atoms with Crippen molar-refractivity contribution in [1.82, 2.24) is 10.6 Å². The van der Waals surface area contributed by atoms with Gasteiger partial charge in [-0.1, -0.05) is 30.3 Å². The molecule has 1 aromatic rings. The van der Waals surface area contributed by atoms with Crippen molar-refractivity contribution in [2.75, 3.05) is 7.11 Å². The van der Waals surface area contributed by atoms with Crippen LogP contribution in [0.25, 0.3) is 0 Å². The van der Waals surface area contributed by atoms with Gasteiger partial charge in [0.2, 0.25) is 11.8 Å². The van der Waals surface area contributed by atoms with E-state index >= 15 is 0 Å². The van der Waals surface area contributed by atoms with Crippen molar-refractivity contribution < 1.29 is 32.1 Å². The Morgan fingerprint density at radius 3 is 2.33 bits per heavy atom. The number of β-lactam (4-membered cyclic amide) rings is 1. The maximum absolute atomic E-state index is 12.2. The van der Waals surface area contributed by atoms with Crippen LogP contribution in [0.3, 0.4) is 0 Å². The van der Waals surface area contributed by atoms with Gasteiger partial charge in [0, 0.05) is 0 Å². The van der Waals surface area contributed by atoms with Crippen LogP contribution in [0.2, 0.25) is 0 Å². The van der Waals surface area contributed by atoms with Crippen LogP contribution in [-0.4, -0.2) is 79.5 Å². The molecule has 0 aromatic heterocycles. The summed E-state index contributed by atoms with van der Waals surface area (Å²) >= 11 is 0. The van der Waals surface area contributed by atoms with E-state index in [-0.39, 0.29) is 35.1 Å². The van der Waals surface area contributed by atoms with Gasteiger partial charge in [0.05, 0.1) is 7.11 Å². The first-order valence-electron chi connectivity index (χ1n) is 6.45. The van der Waals surface area contributed by atoms with Gasteiger partial charge < -0.3 is 15.4 Å². The molecule has 2 amide bonds. The summed E-state index contributed by atoms with van der Waals surface area (Å²) in [5.74, 6) is -2.55. The van der Waals surface area contributed by atoms with Crippen LogP contribution in [0, 0.1) is 0 Å². The van der Waals surface area contributed by atoms with E-state index in [1.54, 1.807) is 6.07 Å². The quantitative estimate of drug-likeness (QED) is 0.240. The first kappa shape index (κ1) is 20.6. The minimum absolute atomic E-state index is 0. The van der Waals surface area contributed by atoms with E-state index in [1.165, 1.54) is 24.3 Å². The van der Waals surface area contributed by atoms with Gasteiger partial charge in [-0.25, -0.2) is 4.79 Å². The monoisotopic (exact) mass is 366 g/mol. The van der Waals surface area contributed by atoms with Crippen LogP contribution in [0.15, 0.2) is 30.3 Å². The molecule has 24 heavy (non-hydrogen) atoms. The Labute approximate surface area is 160 Å². The normalized spacial score (nSPS) is 20.7. The van der Waals surface area contributed by atoms with Crippen LogP contribution in [0.5, 0.6) is 0 Å². The summed E-state index contributed by atoms with van der Waals surface area (Å²) in [4.78, 5) is 35.1. The van der Waals surface area contributed by atoms with Crippen molar-refractivity contribution in [2.24, 2.45) is 0 Å². The second kappa shape index (κ2) is 8.08. The van der Waals surface area contributed by atoms with Crippen molar-refractivity contribution in [2.45, 2.75) is 17.3 Å². The van der Waals surface area contributed by atoms with Crippen molar-refractivity contribution in [3.8, 4) is 0 Å². The number of rotatable bonds is 5. The number of carbonyl (C=O) groups is 3. The van der Waals surface area contributed by atoms with Gasteiger partial charge in [-0.15, -0.1) is 0 Å². The van der Waals surface area contributed by atoms with Gasteiger partial charge in [0.1, 0.15) is 6.04 Å². The molecule has 11 heteroatoms. The van der Waals surface area contributed by atoms with Crippen LogP contribution in [0.1, 0.15) is 10.8 Å². The zero-order chi connectivity index (χ0) is 17.2. The Morgan fingerprint density at radius 1 is 1.29 bits per heavy atom. The molecule has 0 aliphatic carbocycles. The van der Waals surface area contributed by atoms with E-state index in [2.05, 4.69) is 15.4 Å². The van der Waals surface area contributed by atoms with Crippen molar-refractivity contribution in [3.05, 3.63) is 35.9 Å². The van der Waals surface area contributed by atoms with E-state index in [4.69, 9.17) is 0 Å². The van der Waals surface area contributed by atoms with Gasteiger partial charge in [-0.2, -0.15) is 8.42 Å². The Hall–Kier alpha value is -1.46. The molecule has 0 radical (unpaired) electrons. The molecule has 2 rings (SSSR count). The van der Waals surface area contributed by atoms with Gasteiger partial charge in [-0.05, 0) is 5.56 Å². The zero-order valence-electron chi connectivity index (χ0n) is 11.9. The standard InChI is InChI=1S/C13H14N2O7S.Na.H/c1-22-13(18)9-8(11(16)15-9)14-12(17)10(23(19,20)21)7-5-3-2-4-6-7;;/h2-6,8-10H,1H3,(H,14,17)(H,15,16)(H,19,20,21);;/t8-,9-,10?;;/m1../s1. The third-order valence-corrected chi connectivity index (χ3v) is 4.39. The van der Waals surface area contributed by atoms with Gasteiger partial charge in [-0.3, -0.25) is 14.1 Å². The minimum atomic E-state index is -4.77. The third kappa shape index (κ3) is 4.33. The van der Waals surface area contributed by atoms with Crippen LogP contribution in [0.4, 0.5) is 0 Å². The molecule has 1 unspecified atom stereocenters. The topological polar surface area (TPSA) is 139 Å². The summed E-state index contributed by atoms with van der Waals surface area (Å²) in [6, 6.07) is 4.92. The number of benzene rings is 1. The molecule has 3 N–H and O–H groups in total. The molecule has 1 saturated heterocycles.